The van der Waals surface area contributed by atoms with Crippen LogP contribution in [-0.4, -0.2) is 18.0 Å². The minimum Gasteiger partial charge on any atom is -0.493 e. The highest BCUT2D eigenvalue weighted by molar-refractivity contribution is 5.79. The molecule has 3 nitrogen and oxygen atoms in total. The second-order valence-electron chi connectivity index (χ2n) is 3.03. The first kappa shape index (κ1) is 8.26. The molecule has 1 atom stereocenters. The highest BCUT2D eigenvalue weighted by Gasteiger charge is 2.21. The van der Waals surface area contributed by atoms with E-state index in [0.29, 0.717) is 29.9 Å². The average molecular weight is 178 g/mol. The molecule has 0 bridgehead atoms. The third kappa shape index (κ3) is 1.31. The zero-order chi connectivity index (χ0) is 9.26. The fraction of sp³-hybridized carbons (Fsp3) is 0.300. The summed E-state index contributed by atoms with van der Waals surface area (Å²) in [6, 6.07) is 5.20. The van der Waals surface area contributed by atoms with Gasteiger partial charge in [-0.1, -0.05) is 12.1 Å². The van der Waals surface area contributed by atoms with Gasteiger partial charge in [-0.15, -0.1) is 0 Å². The lowest BCUT2D eigenvalue weighted by atomic mass is 9.98. The molecule has 1 aliphatic rings. The van der Waals surface area contributed by atoms with E-state index in [4.69, 9.17) is 4.74 Å². The molecule has 1 aromatic carbocycles. The molecule has 0 radical (unpaired) electrons. The Morgan fingerprint density at radius 1 is 1.54 bits per heavy atom. The maximum absolute atomic E-state index is 10.7. The SMILES string of the molecule is O=Cc1cccc2c1C(O)CCO2. The molecule has 0 spiro atoms. The van der Waals surface area contributed by atoms with Crippen LogP contribution >= 0.6 is 0 Å². The van der Waals surface area contributed by atoms with Gasteiger partial charge >= 0.3 is 0 Å². The van der Waals surface area contributed by atoms with Crippen LogP contribution in [-0.2, 0) is 0 Å². The molecule has 0 saturated heterocycles. The van der Waals surface area contributed by atoms with Crippen molar-refractivity contribution >= 4 is 6.29 Å². The third-order valence-corrected chi connectivity index (χ3v) is 2.21. The zero-order valence-electron chi connectivity index (χ0n) is 7.06. The minimum atomic E-state index is -0.565. The summed E-state index contributed by atoms with van der Waals surface area (Å²) >= 11 is 0. The predicted molar refractivity (Wildman–Crippen MR) is 46.9 cm³/mol. The molecule has 1 N–H and O–H groups in total. The summed E-state index contributed by atoms with van der Waals surface area (Å²) in [5, 5.41) is 9.63. The fourth-order valence-corrected chi connectivity index (χ4v) is 1.57. The van der Waals surface area contributed by atoms with Crippen molar-refractivity contribution in [1.82, 2.24) is 0 Å². The highest BCUT2D eigenvalue weighted by atomic mass is 16.5. The molecular formula is C10H10O3. The van der Waals surface area contributed by atoms with Crippen molar-refractivity contribution < 1.29 is 14.6 Å². The number of aldehydes is 1. The van der Waals surface area contributed by atoms with Crippen molar-refractivity contribution in [1.29, 1.82) is 0 Å². The number of rotatable bonds is 1. The number of aliphatic hydroxyl groups is 1. The molecule has 1 unspecified atom stereocenters. The molecule has 2 rings (SSSR count). The van der Waals surface area contributed by atoms with Gasteiger partial charge in [0.1, 0.15) is 5.75 Å². The zero-order valence-corrected chi connectivity index (χ0v) is 7.06. The molecule has 1 aliphatic heterocycles. The van der Waals surface area contributed by atoms with E-state index in [2.05, 4.69) is 0 Å². The van der Waals surface area contributed by atoms with Crippen LogP contribution in [0.4, 0.5) is 0 Å². The van der Waals surface area contributed by atoms with Gasteiger partial charge in [-0.3, -0.25) is 4.79 Å². The third-order valence-electron chi connectivity index (χ3n) is 2.21. The Balaban J connectivity index is 2.56. The molecular weight excluding hydrogens is 168 g/mol. The molecule has 3 heteroatoms. The lowest BCUT2D eigenvalue weighted by Gasteiger charge is -2.23. The number of hydrogen-bond acceptors (Lipinski definition) is 3. The summed E-state index contributed by atoms with van der Waals surface area (Å²) in [6.07, 6.45) is 0.736. The van der Waals surface area contributed by atoms with Gasteiger partial charge in [0.2, 0.25) is 0 Å². The second-order valence-corrected chi connectivity index (χ2v) is 3.03. The van der Waals surface area contributed by atoms with Gasteiger partial charge in [0, 0.05) is 17.5 Å². The summed E-state index contributed by atoms with van der Waals surface area (Å²) in [4.78, 5) is 10.7. The van der Waals surface area contributed by atoms with E-state index in [1.807, 2.05) is 0 Å². The van der Waals surface area contributed by atoms with E-state index >= 15 is 0 Å². The van der Waals surface area contributed by atoms with Crippen LogP contribution in [0.5, 0.6) is 5.75 Å². The summed E-state index contributed by atoms with van der Waals surface area (Å²) in [6.45, 7) is 0.510. The lowest BCUT2D eigenvalue weighted by molar-refractivity contribution is 0.105. The van der Waals surface area contributed by atoms with Crippen LogP contribution in [0.1, 0.15) is 28.4 Å². The van der Waals surface area contributed by atoms with E-state index in [1.54, 1.807) is 18.2 Å². The van der Waals surface area contributed by atoms with Crippen molar-refractivity contribution in [2.75, 3.05) is 6.61 Å². The quantitative estimate of drug-likeness (QED) is 0.659. The van der Waals surface area contributed by atoms with Gasteiger partial charge in [-0.25, -0.2) is 0 Å². The number of hydrogen-bond donors (Lipinski definition) is 1. The number of carbonyl (C=O) groups is 1. The van der Waals surface area contributed by atoms with E-state index in [9.17, 15) is 9.90 Å². The maximum atomic E-state index is 10.7. The molecule has 0 saturated carbocycles. The number of aliphatic hydroxyl groups excluding tert-OH is 1. The first-order chi connectivity index (χ1) is 6.33. The topological polar surface area (TPSA) is 46.5 Å². The van der Waals surface area contributed by atoms with Crippen LogP contribution in [0.15, 0.2) is 18.2 Å². The number of ether oxygens (including phenoxy) is 1. The lowest BCUT2D eigenvalue weighted by Crippen LogP contribution is -2.15. The second kappa shape index (κ2) is 3.18. The van der Waals surface area contributed by atoms with Crippen molar-refractivity contribution in [2.24, 2.45) is 0 Å². The molecule has 0 aromatic heterocycles. The van der Waals surface area contributed by atoms with E-state index in [0.717, 1.165) is 6.29 Å². The molecule has 0 aliphatic carbocycles. The Morgan fingerprint density at radius 2 is 2.38 bits per heavy atom. The van der Waals surface area contributed by atoms with E-state index < -0.39 is 6.10 Å². The highest BCUT2D eigenvalue weighted by Crippen LogP contribution is 2.33. The summed E-state index contributed by atoms with van der Waals surface area (Å²) in [5.41, 5.74) is 1.15. The van der Waals surface area contributed by atoms with Gasteiger partial charge in [-0.2, -0.15) is 0 Å². The molecule has 68 valence electrons. The average Bonchev–Trinajstić information content (AvgIpc) is 2.17. The molecule has 0 fully saturated rings. The van der Waals surface area contributed by atoms with Gasteiger partial charge in [-0.05, 0) is 6.07 Å². The predicted octanol–water partition coefficient (Wildman–Crippen LogP) is 1.31. The van der Waals surface area contributed by atoms with Crippen molar-refractivity contribution in [3.8, 4) is 5.75 Å². The Hall–Kier alpha value is -1.35. The molecule has 1 heterocycles. The normalized spacial score (nSPS) is 20.2. The first-order valence-electron chi connectivity index (χ1n) is 4.22. The van der Waals surface area contributed by atoms with Gasteiger partial charge in [0.05, 0.1) is 12.7 Å². The Labute approximate surface area is 76.0 Å². The molecule has 0 amide bonds. The van der Waals surface area contributed by atoms with Crippen LogP contribution in [0.2, 0.25) is 0 Å². The Bertz CT molecular complexity index is 333. The van der Waals surface area contributed by atoms with Gasteiger partial charge in [0.15, 0.2) is 6.29 Å². The first-order valence-corrected chi connectivity index (χ1v) is 4.22. The number of benzene rings is 1. The van der Waals surface area contributed by atoms with Crippen molar-refractivity contribution in [3.05, 3.63) is 29.3 Å². The number of carbonyl (C=O) groups excluding carboxylic acids is 1. The standard InChI is InChI=1S/C10H10O3/c11-6-7-2-1-3-9-10(7)8(12)4-5-13-9/h1-3,6,8,12H,4-5H2. The minimum absolute atomic E-state index is 0.510. The van der Waals surface area contributed by atoms with Crippen LogP contribution in [0.25, 0.3) is 0 Å². The van der Waals surface area contributed by atoms with Crippen molar-refractivity contribution in [2.45, 2.75) is 12.5 Å². The monoisotopic (exact) mass is 178 g/mol. The van der Waals surface area contributed by atoms with Crippen LogP contribution < -0.4 is 4.74 Å². The largest absolute Gasteiger partial charge is 0.493 e. The maximum Gasteiger partial charge on any atom is 0.150 e. The van der Waals surface area contributed by atoms with Crippen molar-refractivity contribution in [3.63, 3.8) is 0 Å². The summed E-state index contributed by atoms with van der Waals surface area (Å²) < 4.78 is 5.32. The van der Waals surface area contributed by atoms with E-state index in [-0.39, 0.29) is 0 Å². The van der Waals surface area contributed by atoms with Gasteiger partial charge in [0.25, 0.3) is 0 Å². The number of fused-ring (bicyclic) bond motifs is 1. The van der Waals surface area contributed by atoms with Crippen LogP contribution in [0, 0.1) is 0 Å². The summed E-state index contributed by atoms with van der Waals surface area (Å²) in [5.74, 6) is 0.628. The summed E-state index contributed by atoms with van der Waals surface area (Å²) in [7, 11) is 0. The van der Waals surface area contributed by atoms with Gasteiger partial charge < -0.3 is 9.84 Å². The molecule has 1 aromatic rings. The molecule has 13 heavy (non-hydrogen) atoms. The van der Waals surface area contributed by atoms with E-state index in [1.165, 1.54) is 0 Å². The fourth-order valence-electron chi connectivity index (χ4n) is 1.57. The Morgan fingerprint density at radius 3 is 3.15 bits per heavy atom. The Kier molecular flexibility index (Phi) is 2.02. The van der Waals surface area contributed by atoms with Crippen LogP contribution in [0.3, 0.4) is 0 Å². The smallest absolute Gasteiger partial charge is 0.150 e.